The number of carbonyl (C=O) groups is 1. The fourth-order valence-corrected chi connectivity index (χ4v) is 5.14. The molecule has 32 heavy (non-hydrogen) atoms. The molecule has 7 heteroatoms. The average Bonchev–Trinajstić information content (AvgIpc) is 3.11. The van der Waals surface area contributed by atoms with Gasteiger partial charge in [-0.05, 0) is 69.3 Å². The van der Waals surface area contributed by atoms with Gasteiger partial charge in [-0.25, -0.2) is 8.42 Å². The van der Waals surface area contributed by atoms with E-state index in [1.807, 2.05) is 38.1 Å². The third kappa shape index (κ3) is 3.99. The number of hydrogen-bond acceptors (Lipinski definition) is 4. The molecule has 6 nitrogen and oxygen atoms in total. The van der Waals surface area contributed by atoms with Crippen LogP contribution in [0, 0.1) is 13.8 Å². The van der Waals surface area contributed by atoms with E-state index in [1.54, 1.807) is 43.3 Å². The topological polar surface area (TPSA) is 79.6 Å². The Bertz CT molecular complexity index is 1370. The molecule has 0 aliphatic heterocycles. The summed E-state index contributed by atoms with van der Waals surface area (Å²) in [5.41, 5.74) is 3.58. The molecule has 4 rings (SSSR count). The second-order valence-electron chi connectivity index (χ2n) is 7.54. The minimum absolute atomic E-state index is 0.150. The van der Waals surface area contributed by atoms with Gasteiger partial charge in [0.2, 0.25) is 0 Å². The van der Waals surface area contributed by atoms with Crippen LogP contribution in [0.25, 0.3) is 11.0 Å². The molecule has 1 N–H and O–H groups in total. The number of nitrogens with zero attached hydrogens (tertiary/aromatic N) is 1. The maximum Gasteiger partial charge on any atom is 0.291 e. The van der Waals surface area contributed by atoms with Gasteiger partial charge in [0.15, 0.2) is 5.76 Å². The van der Waals surface area contributed by atoms with Crippen molar-refractivity contribution in [2.24, 2.45) is 0 Å². The number of anilines is 2. The van der Waals surface area contributed by atoms with Crippen molar-refractivity contribution in [2.45, 2.75) is 25.7 Å². The van der Waals surface area contributed by atoms with Gasteiger partial charge in [-0.15, -0.1) is 0 Å². The van der Waals surface area contributed by atoms with Gasteiger partial charge in [0.25, 0.3) is 15.9 Å². The number of amides is 1. The number of fused-ring (bicyclic) bond motifs is 1. The molecule has 1 heterocycles. The summed E-state index contributed by atoms with van der Waals surface area (Å²) in [5, 5.41) is 3.69. The summed E-state index contributed by atoms with van der Waals surface area (Å²) in [6.45, 7) is 5.92. The predicted octanol–water partition coefficient (Wildman–Crippen LogP) is 5.52. The zero-order valence-corrected chi connectivity index (χ0v) is 18.9. The smallest absolute Gasteiger partial charge is 0.291 e. The summed E-state index contributed by atoms with van der Waals surface area (Å²) >= 11 is 0. The largest absolute Gasteiger partial charge is 0.451 e. The van der Waals surface area contributed by atoms with E-state index in [9.17, 15) is 13.2 Å². The first-order valence-corrected chi connectivity index (χ1v) is 11.7. The van der Waals surface area contributed by atoms with E-state index in [1.165, 1.54) is 16.4 Å². The third-order valence-corrected chi connectivity index (χ3v) is 7.25. The molecule has 3 aromatic carbocycles. The van der Waals surface area contributed by atoms with E-state index < -0.39 is 10.0 Å². The van der Waals surface area contributed by atoms with Crippen molar-refractivity contribution >= 4 is 38.3 Å². The van der Waals surface area contributed by atoms with Crippen LogP contribution in [0.5, 0.6) is 0 Å². The lowest BCUT2D eigenvalue weighted by Crippen LogP contribution is -2.30. The number of furan rings is 1. The van der Waals surface area contributed by atoms with Crippen LogP contribution < -0.4 is 9.62 Å². The van der Waals surface area contributed by atoms with Crippen LogP contribution in [0.15, 0.2) is 82.1 Å². The molecule has 0 aliphatic rings. The highest BCUT2D eigenvalue weighted by atomic mass is 32.2. The summed E-state index contributed by atoms with van der Waals surface area (Å²) in [4.78, 5) is 12.9. The molecule has 0 aliphatic carbocycles. The predicted molar refractivity (Wildman–Crippen MR) is 127 cm³/mol. The number of aryl methyl sites for hydroxylation is 2. The molecule has 1 amide bonds. The highest BCUT2D eigenvalue weighted by molar-refractivity contribution is 7.92. The number of hydrogen-bond donors (Lipinski definition) is 1. The van der Waals surface area contributed by atoms with Crippen molar-refractivity contribution in [3.05, 3.63) is 89.7 Å². The highest BCUT2D eigenvalue weighted by Crippen LogP contribution is 2.28. The lowest BCUT2D eigenvalue weighted by Gasteiger charge is -2.23. The number of benzene rings is 3. The average molecular weight is 449 g/mol. The lowest BCUT2D eigenvalue weighted by atomic mass is 10.1. The first-order chi connectivity index (χ1) is 15.3. The first kappa shape index (κ1) is 21.6. The first-order valence-electron chi connectivity index (χ1n) is 10.3. The molecular formula is C25H24N2O4S. The number of rotatable bonds is 6. The molecule has 164 valence electrons. The van der Waals surface area contributed by atoms with E-state index in [0.717, 1.165) is 16.5 Å². The van der Waals surface area contributed by atoms with Crippen LogP contribution in [-0.4, -0.2) is 20.9 Å². The molecule has 0 spiro atoms. The van der Waals surface area contributed by atoms with E-state index >= 15 is 0 Å². The Morgan fingerprint density at radius 1 is 0.969 bits per heavy atom. The van der Waals surface area contributed by atoms with Crippen LogP contribution in [0.3, 0.4) is 0 Å². The number of sulfonamides is 1. The van der Waals surface area contributed by atoms with Crippen molar-refractivity contribution in [1.82, 2.24) is 0 Å². The van der Waals surface area contributed by atoms with Gasteiger partial charge < -0.3 is 9.73 Å². The molecular weight excluding hydrogens is 424 g/mol. The highest BCUT2D eigenvalue weighted by Gasteiger charge is 2.24. The van der Waals surface area contributed by atoms with E-state index in [4.69, 9.17) is 4.42 Å². The molecule has 0 saturated carbocycles. The maximum absolute atomic E-state index is 13.1. The Labute approximate surface area is 187 Å². The van der Waals surface area contributed by atoms with Crippen molar-refractivity contribution in [3.8, 4) is 0 Å². The zero-order chi connectivity index (χ0) is 22.9. The van der Waals surface area contributed by atoms with Gasteiger partial charge in [0.1, 0.15) is 5.58 Å². The molecule has 0 radical (unpaired) electrons. The molecule has 0 atom stereocenters. The van der Waals surface area contributed by atoms with Crippen LogP contribution in [0.1, 0.15) is 28.6 Å². The summed E-state index contributed by atoms with van der Waals surface area (Å²) in [6.07, 6.45) is 0. The number of para-hydroxylation sites is 1. The van der Waals surface area contributed by atoms with E-state index in [0.29, 0.717) is 23.5 Å². The van der Waals surface area contributed by atoms with Crippen LogP contribution in [-0.2, 0) is 10.0 Å². The van der Waals surface area contributed by atoms with Gasteiger partial charge in [-0.1, -0.05) is 29.8 Å². The van der Waals surface area contributed by atoms with Crippen LogP contribution in [0.4, 0.5) is 11.4 Å². The van der Waals surface area contributed by atoms with E-state index in [2.05, 4.69) is 5.32 Å². The Hall–Kier alpha value is -3.58. The molecule has 0 saturated heterocycles. The van der Waals surface area contributed by atoms with Gasteiger partial charge in [-0.3, -0.25) is 9.10 Å². The summed E-state index contributed by atoms with van der Waals surface area (Å²) in [5.74, 6) is -0.144. The Kier molecular flexibility index (Phi) is 5.76. The Morgan fingerprint density at radius 3 is 2.31 bits per heavy atom. The third-order valence-electron chi connectivity index (χ3n) is 5.33. The summed E-state index contributed by atoms with van der Waals surface area (Å²) in [7, 11) is -3.73. The van der Waals surface area contributed by atoms with Crippen LogP contribution in [0.2, 0.25) is 0 Å². The monoisotopic (exact) mass is 448 g/mol. The zero-order valence-electron chi connectivity index (χ0n) is 18.1. The van der Waals surface area contributed by atoms with Crippen molar-refractivity contribution in [3.63, 3.8) is 0 Å². The van der Waals surface area contributed by atoms with Crippen molar-refractivity contribution in [1.29, 1.82) is 0 Å². The standard InChI is InChI=1S/C25H24N2O4S/c1-4-27(20-8-6-5-7-9-20)32(29,30)21-13-11-19(12-14-21)26-25(28)24-18(3)22-16-17(2)10-15-23(22)31-24/h5-16H,4H2,1-3H3,(H,26,28). The minimum Gasteiger partial charge on any atom is -0.451 e. The molecule has 4 aromatic rings. The summed E-state index contributed by atoms with van der Waals surface area (Å²) < 4.78 is 33.3. The SMILES string of the molecule is CCN(c1ccccc1)S(=O)(=O)c1ccc(NC(=O)c2oc3ccc(C)cc3c2C)cc1. The minimum atomic E-state index is -3.73. The Balaban J connectivity index is 1.56. The fraction of sp³-hybridized carbons (Fsp3) is 0.160. The molecule has 1 aromatic heterocycles. The molecule has 0 fully saturated rings. The molecule has 0 unspecified atom stereocenters. The second kappa shape index (κ2) is 8.51. The fourth-order valence-electron chi connectivity index (χ4n) is 3.66. The van der Waals surface area contributed by atoms with Gasteiger partial charge in [0, 0.05) is 23.2 Å². The van der Waals surface area contributed by atoms with E-state index in [-0.39, 0.29) is 16.6 Å². The quantitative estimate of drug-likeness (QED) is 0.421. The van der Waals surface area contributed by atoms with Crippen molar-refractivity contribution < 1.29 is 17.6 Å². The molecule has 0 bridgehead atoms. The van der Waals surface area contributed by atoms with Crippen LogP contribution >= 0.6 is 0 Å². The number of nitrogens with one attached hydrogen (secondary N) is 1. The summed E-state index contributed by atoms with van der Waals surface area (Å²) in [6, 6.07) is 20.8. The Morgan fingerprint density at radius 2 is 1.66 bits per heavy atom. The normalized spacial score (nSPS) is 11.5. The lowest BCUT2D eigenvalue weighted by molar-refractivity contribution is 0.0998. The van der Waals surface area contributed by atoms with Crippen molar-refractivity contribution in [2.75, 3.05) is 16.2 Å². The number of carbonyl (C=O) groups excluding carboxylic acids is 1. The van der Waals surface area contributed by atoms with Gasteiger partial charge >= 0.3 is 0 Å². The maximum atomic E-state index is 13.1. The van der Waals surface area contributed by atoms with Gasteiger partial charge in [0.05, 0.1) is 10.6 Å². The second-order valence-corrected chi connectivity index (χ2v) is 9.40. The van der Waals surface area contributed by atoms with Gasteiger partial charge in [-0.2, -0.15) is 0 Å².